The van der Waals surface area contributed by atoms with Gasteiger partial charge in [-0.25, -0.2) is 0 Å². The molecule has 1 aliphatic carbocycles. The number of allylic oxidation sites excluding steroid dienone is 7. The molecule has 2 atom stereocenters. The first kappa shape index (κ1) is 29.4. The van der Waals surface area contributed by atoms with Crippen LogP contribution in [0.1, 0.15) is 65.4 Å². The SMILES string of the molecule is C/C=C\C(C(=O)Nc1ccccc1C(F)(F)F)=C(\C(C)CC)C(C)OCCC/C1=C/C/C=C\C=C/C1. The van der Waals surface area contributed by atoms with Gasteiger partial charge in [0, 0.05) is 12.2 Å². The third-order valence-corrected chi connectivity index (χ3v) is 6.27. The monoisotopic (exact) mass is 501 g/mol. The summed E-state index contributed by atoms with van der Waals surface area (Å²) < 4.78 is 46.5. The first-order valence-electron chi connectivity index (χ1n) is 12.6. The Morgan fingerprint density at radius 1 is 1.17 bits per heavy atom. The highest BCUT2D eigenvalue weighted by atomic mass is 19.4. The zero-order chi connectivity index (χ0) is 26.6. The molecule has 1 aromatic carbocycles. The van der Waals surface area contributed by atoms with Crippen molar-refractivity contribution < 1.29 is 22.7 Å². The lowest BCUT2D eigenvalue weighted by molar-refractivity contribution is -0.137. The van der Waals surface area contributed by atoms with Gasteiger partial charge in [0.15, 0.2) is 0 Å². The van der Waals surface area contributed by atoms with E-state index in [2.05, 4.69) is 35.7 Å². The highest BCUT2D eigenvalue weighted by Gasteiger charge is 2.34. The fourth-order valence-electron chi connectivity index (χ4n) is 4.23. The van der Waals surface area contributed by atoms with Crippen LogP contribution in [0.4, 0.5) is 18.9 Å². The number of rotatable bonds is 11. The average Bonchev–Trinajstić information content (AvgIpc) is 2.81. The summed E-state index contributed by atoms with van der Waals surface area (Å²) in [5.41, 5.74) is 1.38. The Morgan fingerprint density at radius 2 is 1.89 bits per heavy atom. The third kappa shape index (κ3) is 8.98. The van der Waals surface area contributed by atoms with E-state index < -0.39 is 17.6 Å². The predicted molar refractivity (Wildman–Crippen MR) is 142 cm³/mol. The van der Waals surface area contributed by atoms with Crippen molar-refractivity contribution in [2.24, 2.45) is 5.92 Å². The number of halogens is 3. The standard InChI is InChI=1S/C30H38F3NO2/c1-5-15-25(29(35)34-27-20-13-12-19-26(27)30(31,32)33)28(22(3)6-2)23(4)36-21-14-18-24-16-10-8-7-9-11-17-24/h5,7-10,12-13,15,17,19-20,22-23H,6,11,14,16,18,21H2,1-4H3,(H,34,35)/b9-7-,10-8-,15-5-,24-17+,28-25+. The van der Waals surface area contributed by atoms with Crippen molar-refractivity contribution in [3.05, 3.63) is 89.1 Å². The fourth-order valence-corrected chi connectivity index (χ4v) is 4.23. The second kappa shape index (κ2) is 14.6. The van der Waals surface area contributed by atoms with Gasteiger partial charge in [-0.05, 0) is 69.6 Å². The molecule has 2 unspecified atom stereocenters. The van der Waals surface area contributed by atoms with Gasteiger partial charge in [0.1, 0.15) is 0 Å². The van der Waals surface area contributed by atoms with Crippen LogP contribution in [0.5, 0.6) is 0 Å². The van der Waals surface area contributed by atoms with E-state index >= 15 is 0 Å². The number of nitrogens with one attached hydrogen (secondary N) is 1. The number of benzene rings is 1. The number of hydrogen-bond acceptors (Lipinski definition) is 2. The molecule has 0 heterocycles. The smallest absolute Gasteiger partial charge is 0.374 e. The minimum atomic E-state index is -4.57. The van der Waals surface area contributed by atoms with Gasteiger partial charge in [0.25, 0.3) is 5.91 Å². The maximum absolute atomic E-state index is 13.5. The Morgan fingerprint density at radius 3 is 2.58 bits per heavy atom. The number of amides is 1. The number of para-hydroxylation sites is 1. The van der Waals surface area contributed by atoms with E-state index in [1.54, 1.807) is 19.1 Å². The molecule has 0 aromatic heterocycles. The molecular formula is C30H38F3NO2. The minimum Gasteiger partial charge on any atom is -0.374 e. The maximum atomic E-state index is 13.5. The van der Waals surface area contributed by atoms with Crippen LogP contribution < -0.4 is 5.32 Å². The Labute approximate surface area is 213 Å². The second-order valence-electron chi connectivity index (χ2n) is 8.95. The number of carbonyl (C=O) groups is 1. The van der Waals surface area contributed by atoms with Gasteiger partial charge in [-0.2, -0.15) is 13.2 Å². The molecule has 0 bridgehead atoms. The van der Waals surface area contributed by atoms with Crippen molar-refractivity contribution in [1.29, 1.82) is 0 Å². The van der Waals surface area contributed by atoms with Crippen molar-refractivity contribution in [3.8, 4) is 0 Å². The highest BCUT2D eigenvalue weighted by Crippen LogP contribution is 2.35. The molecule has 1 amide bonds. The van der Waals surface area contributed by atoms with Crippen LogP contribution in [0.25, 0.3) is 0 Å². The predicted octanol–water partition coefficient (Wildman–Crippen LogP) is 8.58. The summed E-state index contributed by atoms with van der Waals surface area (Å²) in [6.45, 7) is 8.24. The van der Waals surface area contributed by atoms with Gasteiger partial charge in [-0.1, -0.05) is 74.1 Å². The number of carbonyl (C=O) groups excluding carboxylic acids is 1. The first-order valence-corrected chi connectivity index (χ1v) is 12.6. The summed E-state index contributed by atoms with van der Waals surface area (Å²) in [6.07, 6.45) is 13.5. The topological polar surface area (TPSA) is 38.3 Å². The quantitative estimate of drug-likeness (QED) is 0.143. The molecule has 0 aliphatic heterocycles. The second-order valence-corrected chi connectivity index (χ2v) is 8.95. The molecule has 3 nitrogen and oxygen atoms in total. The molecule has 36 heavy (non-hydrogen) atoms. The van der Waals surface area contributed by atoms with E-state index in [1.807, 2.05) is 20.8 Å². The molecular weight excluding hydrogens is 463 g/mol. The largest absolute Gasteiger partial charge is 0.418 e. The van der Waals surface area contributed by atoms with E-state index in [0.717, 1.165) is 43.7 Å². The molecule has 0 radical (unpaired) electrons. The molecule has 2 rings (SSSR count). The van der Waals surface area contributed by atoms with Crippen molar-refractivity contribution in [2.75, 3.05) is 11.9 Å². The third-order valence-electron chi connectivity index (χ3n) is 6.27. The highest BCUT2D eigenvalue weighted by molar-refractivity contribution is 6.06. The van der Waals surface area contributed by atoms with Crippen molar-refractivity contribution >= 4 is 11.6 Å². The van der Waals surface area contributed by atoms with Crippen molar-refractivity contribution in [2.45, 2.75) is 72.1 Å². The minimum absolute atomic E-state index is 0.0139. The van der Waals surface area contributed by atoms with Crippen LogP contribution in [-0.4, -0.2) is 18.6 Å². The lowest BCUT2D eigenvalue weighted by Crippen LogP contribution is -2.25. The van der Waals surface area contributed by atoms with Gasteiger partial charge >= 0.3 is 6.18 Å². The van der Waals surface area contributed by atoms with Crippen LogP contribution in [0.2, 0.25) is 0 Å². The van der Waals surface area contributed by atoms with Crippen LogP contribution in [0.3, 0.4) is 0 Å². The van der Waals surface area contributed by atoms with E-state index in [4.69, 9.17) is 4.74 Å². The molecule has 1 aromatic rings. The molecule has 1 aliphatic rings. The van der Waals surface area contributed by atoms with Crippen LogP contribution in [0.15, 0.2) is 83.5 Å². The lowest BCUT2D eigenvalue weighted by Gasteiger charge is -2.25. The summed E-state index contributed by atoms with van der Waals surface area (Å²) >= 11 is 0. The zero-order valence-electron chi connectivity index (χ0n) is 21.7. The van der Waals surface area contributed by atoms with Gasteiger partial charge in [0.05, 0.1) is 17.4 Å². The van der Waals surface area contributed by atoms with Gasteiger partial charge in [0.2, 0.25) is 0 Å². The van der Waals surface area contributed by atoms with E-state index in [0.29, 0.717) is 12.2 Å². The Hall–Kier alpha value is -2.86. The van der Waals surface area contributed by atoms with Crippen molar-refractivity contribution in [1.82, 2.24) is 0 Å². The Bertz CT molecular complexity index is 1020. The summed E-state index contributed by atoms with van der Waals surface area (Å²) in [5, 5.41) is 2.49. The maximum Gasteiger partial charge on any atom is 0.418 e. The van der Waals surface area contributed by atoms with E-state index in [1.165, 1.54) is 23.8 Å². The molecule has 0 spiro atoms. The van der Waals surface area contributed by atoms with Crippen molar-refractivity contribution in [3.63, 3.8) is 0 Å². The Kier molecular flexibility index (Phi) is 11.9. The summed E-state index contributed by atoms with van der Waals surface area (Å²) in [5.74, 6) is -0.560. The summed E-state index contributed by atoms with van der Waals surface area (Å²) in [4.78, 5) is 13.3. The van der Waals surface area contributed by atoms with Crippen LogP contribution >= 0.6 is 0 Å². The summed E-state index contributed by atoms with van der Waals surface area (Å²) in [7, 11) is 0. The molecule has 0 saturated heterocycles. The normalized spacial score (nSPS) is 19.9. The molecule has 0 fully saturated rings. The zero-order valence-corrected chi connectivity index (χ0v) is 21.7. The number of ether oxygens (including phenoxy) is 1. The summed E-state index contributed by atoms with van der Waals surface area (Å²) in [6, 6.07) is 5.02. The molecule has 6 heteroatoms. The number of anilines is 1. The van der Waals surface area contributed by atoms with Gasteiger partial charge in [-0.3, -0.25) is 4.79 Å². The van der Waals surface area contributed by atoms with E-state index in [-0.39, 0.29) is 17.7 Å². The van der Waals surface area contributed by atoms with Crippen LogP contribution in [-0.2, 0) is 15.7 Å². The fraction of sp³-hybridized carbons (Fsp3) is 0.433. The lowest BCUT2D eigenvalue weighted by atomic mass is 9.89. The molecule has 1 N–H and O–H groups in total. The van der Waals surface area contributed by atoms with Gasteiger partial charge < -0.3 is 10.1 Å². The first-order chi connectivity index (χ1) is 17.2. The van der Waals surface area contributed by atoms with Crippen LogP contribution in [0, 0.1) is 5.92 Å². The molecule has 196 valence electrons. The van der Waals surface area contributed by atoms with E-state index in [9.17, 15) is 18.0 Å². The van der Waals surface area contributed by atoms with Gasteiger partial charge in [-0.15, -0.1) is 0 Å². The average molecular weight is 502 g/mol. The number of hydrogen-bond donors (Lipinski definition) is 1. The molecule has 0 saturated carbocycles. The Balaban J connectivity index is 2.20. The number of alkyl halides is 3.